The highest BCUT2D eigenvalue weighted by atomic mass is 32.2. The molecule has 1 N–H and O–H groups in total. The lowest BCUT2D eigenvalue weighted by molar-refractivity contribution is -0.128. The Morgan fingerprint density at radius 3 is 2.77 bits per heavy atom. The number of anilines is 1. The standard InChI is InChI=1S/C15H18N4OS2/c1-4-10-16-14-17-18-15(22-14)21-12(13(20)19(2)3)11-8-6-5-7-9-11/h4-9,12H,1,10H2,2-3H3,(H,16,17)/t12-/m0/s1. The Balaban J connectivity index is 2.18. The van der Waals surface area contributed by atoms with Gasteiger partial charge in [-0.3, -0.25) is 4.79 Å². The second-order valence-corrected chi connectivity index (χ2v) is 7.01. The number of aromatic nitrogens is 2. The van der Waals surface area contributed by atoms with E-state index >= 15 is 0 Å². The summed E-state index contributed by atoms with van der Waals surface area (Å²) in [7, 11) is 3.52. The minimum absolute atomic E-state index is 0.0343. The van der Waals surface area contributed by atoms with Gasteiger partial charge in [-0.2, -0.15) is 0 Å². The molecule has 0 fully saturated rings. The summed E-state index contributed by atoms with van der Waals surface area (Å²) in [5, 5.41) is 11.7. The van der Waals surface area contributed by atoms with Crippen LogP contribution in [-0.4, -0.2) is 41.6 Å². The maximum atomic E-state index is 12.5. The van der Waals surface area contributed by atoms with E-state index in [9.17, 15) is 4.79 Å². The van der Waals surface area contributed by atoms with E-state index in [1.807, 2.05) is 30.3 Å². The van der Waals surface area contributed by atoms with Crippen molar-refractivity contribution in [2.45, 2.75) is 9.59 Å². The van der Waals surface area contributed by atoms with Crippen LogP contribution in [0.5, 0.6) is 0 Å². The summed E-state index contributed by atoms with van der Waals surface area (Å²) in [6.45, 7) is 4.29. The van der Waals surface area contributed by atoms with E-state index in [1.54, 1.807) is 25.1 Å². The van der Waals surface area contributed by atoms with Gasteiger partial charge in [0.2, 0.25) is 11.0 Å². The Morgan fingerprint density at radius 2 is 2.14 bits per heavy atom. The molecule has 0 aliphatic rings. The summed E-state index contributed by atoms with van der Waals surface area (Å²) in [5.41, 5.74) is 0.960. The van der Waals surface area contributed by atoms with Gasteiger partial charge in [-0.05, 0) is 5.56 Å². The lowest BCUT2D eigenvalue weighted by Gasteiger charge is -2.19. The van der Waals surface area contributed by atoms with Gasteiger partial charge < -0.3 is 10.2 Å². The molecule has 0 saturated carbocycles. The quantitative estimate of drug-likeness (QED) is 0.623. The van der Waals surface area contributed by atoms with Crippen molar-refractivity contribution in [3.8, 4) is 0 Å². The molecule has 1 heterocycles. The molecule has 0 spiro atoms. The second kappa shape index (κ2) is 7.95. The van der Waals surface area contributed by atoms with Crippen LogP contribution in [0, 0.1) is 0 Å². The van der Waals surface area contributed by atoms with Crippen LogP contribution in [0.2, 0.25) is 0 Å². The monoisotopic (exact) mass is 334 g/mol. The van der Waals surface area contributed by atoms with E-state index in [4.69, 9.17) is 0 Å². The number of hydrogen-bond donors (Lipinski definition) is 1. The third-order valence-corrected chi connectivity index (χ3v) is 5.00. The van der Waals surface area contributed by atoms with Crippen molar-refractivity contribution in [2.24, 2.45) is 0 Å². The molecule has 1 atom stereocenters. The van der Waals surface area contributed by atoms with Crippen LogP contribution in [0.1, 0.15) is 10.8 Å². The zero-order chi connectivity index (χ0) is 15.9. The number of nitrogens with zero attached hydrogens (tertiary/aromatic N) is 3. The molecule has 116 valence electrons. The van der Waals surface area contributed by atoms with Crippen LogP contribution in [0.15, 0.2) is 47.3 Å². The number of nitrogens with one attached hydrogen (secondary N) is 1. The fraction of sp³-hybridized carbons (Fsp3) is 0.267. The Labute approximate surface area is 138 Å². The van der Waals surface area contributed by atoms with Crippen molar-refractivity contribution in [1.29, 1.82) is 0 Å². The van der Waals surface area contributed by atoms with Gasteiger partial charge in [0.15, 0.2) is 4.34 Å². The highest BCUT2D eigenvalue weighted by Gasteiger charge is 2.25. The maximum absolute atomic E-state index is 12.5. The van der Waals surface area contributed by atoms with Gasteiger partial charge >= 0.3 is 0 Å². The van der Waals surface area contributed by atoms with Crippen LogP contribution in [0.3, 0.4) is 0 Å². The smallest absolute Gasteiger partial charge is 0.240 e. The minimum atomic E-state index is -0.323. The number of rotatable bonds is 7. The first-order valence-corrected chi connectivity index (χ1v) is 8.42. The fourth-order valence-electron chi connectivity index (χ4n) is 1.71. The SMILES string of the molecule is C=CCNc1nnc(S[C@H](C(=O)N(C)C)c2ccccc2)s1. The molecule has 1 aromatic heterocycles. The summed E-state index contributed by atoms with van der Waals surface area (Å²) < 4.78 is 0.760. The van der Waals surface area contributed by atoms with Crippen LogP contribution >= 0.6 is 23.1 Å². The number of carbonyl (C=O) groups is 1. The number of amides is 1. The molecule has 0 bridgehead atoms. The summed E-state index contributed by atoms with van der Waals surface area (Å²) in [4.78, 5) is 14.1. The van der Waals surface area contributed by atoms with Crippen molar-refractivity contribution in [3.05, 3.63) is 48.6 Å². The predicted molar refractivity (Wildman–Crippen MR) is 92.3 cm³/mol. The number of carbonyl (C=O) groups excluding carboxylic acids is 1. The largest absolute Gasteiger partial charge is 0.357 e. The molecule has 1 amide bonds. The van der Waals surface area contributed by atoms with E-state index in [2.05, 4.69) is 22.1 Å². The molecule has 0 aliphatic heterocycles. The van der Waals surface area contributed by atoms with E-state index in [1.165, 1.54) is 23.1 Å². The number of benzene rings is 1. The molecular weight excluding hydrogens is 316 g/mol. The lowest BCUT2D eigenvalue weighted by atomic mass is 10.1. The van der Waals surface area contributed by atoms with Gasteiger partial charge in [0, 0.05) is 20.6 Å². The Kier molecular flexibility index (Phi) is 5.97. The summed E-state index contributed by atoms with van der Waals surface area (Å²) in [6, 6.07) is 9.72. The van der Waals surface area contributed by atoms with Crippen LogP contribution in [0.4, 0.5) is 5.13 Å². The molecule has 0 aliphatic carbocycles. The van der Waals surface area contributed by atoms with Gasteiger partial charge in [-0.25, -0.2) is 0 Å². The van der Waals surface area contributed by atoms with Gasteiger partial charge in [-0.1, -0.05) is 59.5 Å². The summed E-state index contributed by atoms with van der Waals surface area (Å²) in [5.74, 6) is 0.0343. The first-order chi connectivity index (χ1) is 10.6. The fourth-order valence-corrected chi connectivity index (χ4v) is 3.81. The zero-order valence-corrected chi connectivity index (χ0v) is 14.2. The topological polar surface area (TPSA) is 58.1 Å². The molecule has 0 saturated heterocycles. The summed E-state index contributed by atoms with van der Waals surface area (Å²) in [6.07, 6.45) is 1.76. The van der Waals surface area contributed by atoms with Crippen molar-refractivity contribution >= 4 is 34.1 Å². The Bertz CT molecular complexity index is 627. The second-order valence-electron chi connectivity index (χ2n) is 4.68. The molecular formula is C15H18N4OS2. The normalized spacial score (nSPS) is 11.7. The van der Waals surface area contributed by atoms with Crippen LogP contribution < -0.4 is 5.32 Å². The number of hydrogen-bond acceptors (Lipinski definition) is 6. The van der Waals surface area contributed by atoms with E-state index in [0.717, 1.165) is 15.0 Å². The maximum Gasteiger partial charge on any atom is 0.240 e. The highest BCUT2D eigenvalue weighted by Crippen LogP contribution is 2.38. The molecule has 0 unspecified atom stereocenters. The molecule has 22 heavy (non-hydrogen) atoms. The molecule has 0 radical (unpaired) electrons. The van der Waals surface area contributed by atoms with E-state index in [0.29, 0.717) is 6.54 Å². The first-order valence-electron chi connectivity index (χ1n) is 6.73. The van der Waals surface area contributed by atoms with Crippen molar-refractivity contribution < 1.29 is 4.79 Å². The summed E-state index contributed by atoms with van der Waals surface area (Å²) >= 11 is 2.86. The van der Waals surface area contributed by atoms with Crippen LogP contribution in [0.25, 0.3) is 0 Å². The van der Waals surface area contributed by atoms with E-state index < -0.39 is 0 Å². The van der Waals surface area contributed by atoms with Crippen molar-refractivity contribution in [3.63, 3.8) is 0 Å². The number of thioether (sulfide) groups is 1. The van der Waals surface area contributed by atoms with Crippen molar-refractivity contribution in [1.82, 2.24) is 15.1 Å². The zero-order valence-electron chi connectivity index (χ0n) is 12.5. The predicted octanol–water partition coefficient (Wildman–Crippen LogP) is 3.06. The van der Waals surface area contributed by atoms with Gasteiger partial charge in [0.05, 0.1) is 0 Å². The Hall–Kier alpha value is -1.86. The third-order valence-electron chi connectivity index (χ3n) is 2.79. The average Bonchev–Trinajstić information content (AvgIpc) is 2.98. The lowest BCUT2D eigenvalue weighted by Crippen LogP contribution is -2.26. The molecule has 2 aromatic rings. The van der Waals surface area contributed by atoms with Gasteiger partial charge in [0.25, 0.3) is 0 Å². The number of likely N-dealkylation sites (N-methyl/N-ethyl adjacent to an activating group) is 1. The molecule has 1 aromatic carbocycles. The van der Waals surface area contributed by atoms with Gasteiger partial charge in [-0.15, -0.1) is 16.8 Å². The molecule has 7 heteroatoms. The van der Waals surface area contributed by atoms with Crippen molar-refractivity contribution in [2.75, 3.05) is 26.0 Å². The van der Waals surface area contributed by atoms with Gasteiger partial charge in [0.1, 0.15) is 5.25 Å². The van der Waals surface area contributed by atoms with E-state index in [-0.39, 0.29) is 11.2 Å². The molecule has 2 rings (SSSR count). The Morgan fingerprint density at radius 1 is 1.41 bits per heavy atom. The average molecular weight is 334 g/mol. The third kappa shape index (κ3) is 4.32. The highest BCUT2D eigenvalue weighted by molar-refractivity contribution is 8.01. The van der Waals surface area contributed by atoms with Crippen LogP contribution in [-0.2, 0) is 4.79 Å². The first kappa shape index (κ1) is 16.5. The molecule has 5 nitrogen and oxygen atoms in total. The minimum Gasteiger partial charge on any atom is -0.357 e.